The molecule has 0 N–H and O–H groups in total. The number of benzene rings is 1. The lowest BCUT2D eigenvalue weighted by molar-refractivity contribution is 0.0303. The number of pyridine rings is 1. The van der Waals surface area contributed by atoms with Crippen LogP contribution in [0.25, 0.3) is 0 Å². The quantitative estimate of drug-likeness (QED) is 0.670. The number of amides is 1. The van der Waals surface area contributed by atoms with Crippen molar-refractivity contribution >= 4 is 5.91 Å². The molecule has 1 unspecified atom stereocenters. The molecule has 2 fully saturated rings. The number of hydrogen-bond donors (Lipinski definition) is 0. The molecule has 30 heavy (non-hydrogen) atoms. The van der Waals surface area contributed by atoms with Crippen LogP contribution in [0, 0.1) is 0 Å². The van der Waals surface area contributed by atoms with Gasteiger partial charge in [-0.15, -0.1) is 0 Å². The van der Waals surface area contributed by atoms with Crippen molar-refractivity contribution in [2.24, 2.45) is 0 Å². The summed E-state index contributed by atoms with van der Waals surface area (Å²) in [6.45, 7) is 4.90. The third kappa shape index (κ3) is 5.58. The maximum atomic E-state index is 12.7. The fourth-order valence-electron chi connectivity index (χ4n) is 4.38. The van der Waals surface area contributed by atoms with Gasteiger partial charge in [-0.1, -0.05) is 18.2 Å². The Morgan fingerprint density at radius 3 is 2.67 bits per heavy atom. The fourth-order valence-corrected chi connectivity index (χ4v) is 4.38. The van der Waals surface area contributed by atoms with Crippen LogP contribution in [-0.2, 0) is 4.74 Å². The van der Waals surface area contributed by atoms with Crippen molar-refractivity contribution < 1.29 is 14.3 Å². The first-order valence-electron chi connectivity index (χ1n) is 11.0. The number of carbonyl (C=O) groups excluding carboxylic acids is 1. The summed E-state index contributed by atoms with van der Waals surface area (Å²) < 4.78 is 11.9. The predicted octanol–water partition coefficient (Wildman–Crippen LogP) is 3.25. The third-order valence-electron chi connectivity index (χ3n) is 6.03. The van der Waals surface area contributed by atoms with E-state index in [9.17, 15) is 4.79 Å². The van der Waals surface area contributed by atoms with Crippen LogP contribution in [0.2, 0.25) is 0 Å². The highest BCUT2D eigenvalue weighted by atomic mass is 16.5. The lowest BCUT2D eigenvalue weighted by Crippen LogP contribution is -2.49. The summed E-state index contributed by atoms with van der Waals surface area (Å²) in [6.07, 6.45) is 7.90. The second kappa shape index (κ2) is 10.5. The van der Waals surface area contributed by atoms with Crippen LogP contribution in [0.3, 0.4) is 0 Å². The van der Waals surface area contributed by atoms with Crippen molar-refractivity contribution in [3.05, 3.63) is 60.4 Å². The normalized spacial score (nSPS) is 19.9. The molecule has 2 aliphatic rings. The van der Waals surface area contributed by atoms with Gasteiger partial charge >= 0.3 is 0 Å². The van der Waals surface area contributed by atoms with E-state index in [1.54, 1.807) is 12.4 Å². The Bertz CT molecular complexity index is 773. The molecular formula is C24H31N3O3. The lowest BCUT2D eigenvalue weighted by Gasteiger charge is -2.39. The Labute approximate surface area is 178 Å². The lowest BCUT2D eigenvalue weighted by atomic mass is 10.0. The van der Waals surface area contributed by atoms with Crippen LogP contribution in [0.1, 0.15) is 36.0 Å². The molecular weight excluding hydrogens is 378 g/mol. The number of nitrogens with zero attached hydrogens (tertiary/aromatic N) is 3. The molecule has 4 rings (SSSR count). The van der Waals surface area contributed by atoms with E-state index in [-0.39, 0.29) is 5.91 Å². The van der Waals surface area contributed by atoms with E-state index < -0.39 is 0 Å². The van der Waals surface area contributed by atoms with Gasteiger partial charge in [-0.25, -0.2) is 0 Å². The number of carbonyl (C=O) groups is 1. The minimum atomic E-state index is 0.0830. The molecule has 3 heterocycles. The minimum Gasteiger partial charge on any atom is -0.492 e. The SMILES string of the molecule is O=C(c1cccnc1)N1CCC(N(CCOc2ccccc2)CC2CCCO2)CC1. The van der Waals surface area contributed by atoms with Crippen molar-refractivity contribution in [3.63, 3.8) is 0 Å². The fraction of sp³-hybridized carbons (Fsp3) is 0.500. The molecule has 1 aromatic carbocycles. The van der Waals surface area contributed by atoms with Gasteiger partial charge in [0.25, 0.3) is 5.91 Å². The maximum absolute atomic E-state index is 12.7. The van der Waals surface area contributed by atoms with Gasteiger partial charge in [-0.05, 0) is 49.9 Å². The van der Waals surface area contributed by atoms with Crippen molar-refractivity contribution in [2.45, 2.75) is 37.8 Å². The van der Waals surface area contributed by atoms with Gasteiger partial charge in [0, 0.05) is 51.2 Å². The van der Waals surface area contributed by atoms with Crippen molar-refractivity contribution in [1.29, 1.82) is 0 Å². The predicted molar refractivity (Wildman–Crippen MR) is 116 cm³/mol. The van der Waals surface area contributed by atoms with Gasteiger partial charge in [-0.3, -0.25) is 14.7 Å². The highest BCUT2D eigenvalue weighted by Crippen LogP contribution is 2.22. The number of rotatable bonds is 8. The zero-order valence-corrected chi connectivity index (χ0v) is 17.5. The second-order valence-corrected chi connectivity index (χ2v) is 8.06. The first-order chi connectivity index (χ1) is 14.8. The largest absolute Gasteiger partial charge is 0.492 e. The summed E-state index contributed by atoms with van der Waals surface area (Å²) >= 11 is 0. The van der Waals surface area contributed by atoms with Crippen LogP contribution in [-0.4, -0.2) is 72.2 Å². The Morgan fingerprint density at radius 1 is 1.13 bits per heavy atom. The topological polar surface area (TPSA) is 54.9 Å². The highest BCUT2D eigenvalue weighted by Gasteiger charge is 2.29. The molecule has 1 aromatic heterocycles. The zero-order valence-electron chi connectivity index (χ0n) is 17.5. The average Bonchev–Trinajstić information content (AvgIpc) is 3.33. The van der Waals surface area contributed by atoms with Crippen LogP contribution in [0.15, 0.2) is 54.9 Å². The first kappa shape index (κ1) is 20.8. The van der Waals surface area contributed by atoms with Crippen molar-refractivity contribution in [1.82, 2.24) is 14.8 Å². The Kier molecular flexibility index (Phi) is 7.32. The Balaban J connectivity index is 1.32. The molecule has 2 aliphatic heterocycles. The van der Waals surface area contributed by atoms with E-state index in [2.05, 4.69) is 9.88 Å². The van der Waals surface area contributed by atoms with Gasteiger partial charge in [0.15, 0.2) is 0 Å². The number of para-hydroxylation sites is 1. The van der Waals surface area contributed by atoms with Crippen LogP contribution >= 0.6 is 0 Å². The van der Waals surface area contributed by atoms with Crippen molar-refractivity contribution in [3.8, 4) is 5.75 Å². The average molecular weight is 410 g/mol. The number of ether oxygens (including phenoxy) is 2. The van der Waals surface area contributed by atoms with Crippen LogP contribution in [0.5, 0.6) is 5.75 Å². The first-order valence-corrected chi connectivity index (χ1v) is 11.0. The number of piperidine rings is 1. The van der Waals surface area contributed by atoms with E-state index in [1.165, 1.54) is 0 Å². The van der Waals surface area contributed by atoms with E-state index >= 15 is 0 Å². The number of likely N-dealkylation sites (tertiary alicyclic amines) is 1. The van der Waals surface area contributed by atoms with Crippen LogP contribution < -0.4 is 4.74 Å². The van der Waals surface area contributed by atoms with E-state index in [0.717, 1.165) is 64.2 Å². The monoisotopic (exact) mass is 409 g/mol. The molecule has 2 saturated heterocycles. The van der Waals surface area contributed by atoms with Gasteiger partial charge in [0.05, 0.1) is 11.7 Å². The molecule has 6 nitrogen and oxygen atoms in total. The molecule has 0 spiro atoms. The summed E-state index contributed by atoms with van der Waals surface area (Å²) in [5.41, 5.74) is 0.670. The molecule has 1 amide bonds. The maximum Gasteiger partial charge on any atom is 0.255 e. The molecule has 0 saturated carbocycles. The molecule has 0 aliphatic carbocycles. The molecule has 0 bridgehead atoms. The smallest absolute Gasteiger partial charge is 0.255 e. The van der Waals surface area contributed by atoms with Gasteiger partial charge in [0.2, 0.25) is 0 Å². The van der Waals surface area contributed by atoms with Crippen LogP contribution in [0.4, 0.5) is 0 Å². The summed E-state index contributed by atoms with van der Waals surface area (Å²) in [6, 6.07) is 14.1. The Morgan fingerprint density at radius 2 is 1.97 bits per heavy atom. The van der Waals surface area contributed by atoms with E-state index in [0.29, 0.717) is 24.3 Å². The van der Waals surface area contributed by atoms with Gasteiger partial charge in [0.1, 0.15) is 12.4 Å². The molecule has 0 radical (unpaired) electrons. The summed E-state index contributed by atoms with van der Waals surface area (Å²) in [7, 11) is 0. The molecule has 2 aromatic rings. The highest BCUT2D eigenvalue weighted by molar-refractivity contribution is 5.93. The third-order valence-corrected chi connectivity index (χ3v) is 6.03. The van der Waals surface area contributed by atoms with Crippen molar-refractivity contribution in [2.75, 3.05) is 39.4 Å². The van der Waals surface area contributed by atoms with Gasteiger partial charge in [-0.2, -0.15) is 0 Å². The van der Waals surface area contributed by atoms with E-state index in [4.69, 9.17) is 9.47 Å². The summed E-state index contributed by atoms with van der Waals surface area (Å²) in [4.78, 5) is 21.3. The molecule has 1 atom stereocenters. The summed E-state index contributed by atoms with van der Waals surface area (Å²) in [5.74, 6) is 0.992. The minimum absolute atomic E-state index is 0.0830. The Hall–Kier alpha value is -2.44. The number of aromatic nitrogens is 1. The van der Waals surface area contributed by atoms with E-state index in [1.807, 2.05) is 47.4 Å². The molecule has 6 heteroatoms. The molecule has 160 valence electrons. The standard InChI is InChI=1S/C24H31N3O3/c28-24(20-6-4-12-25-18-20)26-13-10-21(11-14-26)27(19-23-9-5-16-29-23)15-17-30-22-7-2-1-3-8-22/h1-4,6-8,12,18,21,23H,5,9-11,13-17,19H2. The second-order valence-electron chi connectivity index (χ2n) is 8.06. The number of hydrogen-bond acceptors (Lipinski definition) is 5. The zero-order chi connectivity index (χ0) is 20.6. The summed E-state index contributed by atoms with van der Waals surface area (Å²) in [5, 5.41) is 0. The van der Waals surface area contributed by atoms with Gasteiger partial charge < -0.3 is 14.4 Å².